The second-order valence-electron chi connectivity index (χ2n) is 5.99. The van der Waals surface area contributed by atoms with Gasteiger partial charge < -0.3 is 18.9 Å². The summed E-state index contributed by atoms with van der Waals surface area (Å²) in [5.41, 5.74) is 0. The van der Waals surface area contributed by atoms with Crippen molar-refractivity contribution in [2.75, 3.05) is 19.5 Å². The lowest BCUT2D eigenvalue weighted by atomic mass is 10.1. The van der Waals surface area contributed by atoms with Crippen LogP contribution in [-0.4, -0.2) is 57.8 Å². The SMILES string of the molecule is CC1(C)OC[C@H]([C@H]2OC(C)(C)O[C@@H]2COS(C)(=O)=O)O1. The molecule has 3 atom stereocenters. The van der Waals surface area contributed by atoms with Crippen molar-refractivity contribution in [3.8, 4) is 0 Å². The molecule has 0 spiro atoms. The van der Waals surface area contributed by atoms with Crippen LogP contribution in [0, 0.1) is 0 Å². The molecule has 2 aliphatic rings. The Morgan fingerprint density at radius 3 is 2.25 bits per heavy atom. The normalized spacial score (nSPS) is 36.4. The van der Waals surface area contributed by atoms with E-state index in [1.807, 2.05) is 13.8 Å². The standard InChI is InChI=1S/C12H22O7S/c1-11(2)15-6-8(17-11)10-9(7-16-20(5,13)14)18-12(3,4)19-10/h8-10H,6-7H2,1-5H3/t8-,9-,10-/m1/s1. The van der Waals surface area contributed by atoms with Crippen LogP contribution < -0.4 is 0 Å². The summed E-state index contributed by atoms with van der Waals surface area (Å²) in [5, 5.41) is 0. The Morgan fingerprint density at radius 2 is 1.75 bits per heavy atom. The van der Waals surface area contributed by atoms with Crippen molar-refractivity contribution in [3.05, 3.63) is 0 Å². The van der Waals surface area contributed by atoms with Gasteiger partial charge in [0.15, 0.2) is 11.6 Å². The summed E-state index contributed by atoms with van der Waals surface area (Å²) in [6.07, 6.45) is -0.281. The molecule has 2 saturated heterocycles. The first-order valence-corrected chi connectivity index (χ1v) is 8.31. The zero-order valence-electron chi connectivity index (χ0n) is 12.4. The fourth-order valence-corrected chi connectivity index (χ4v) is 2.76. The summed E-state index contributed by atoms with van der Waals surface area (Å²) in [6.45, 7) is 7.43. The highest BCUT2D eigenvalue weighted by atomic mass is 32.2. The van der Waals surface area contributed by atoms with Crippen LogP contribution in [0.4, 0.5) is 0 Å². The molecule has 0 unspecified atom stereocenters. The van der Waals surface area contributed by atoms with E-state index in [-0.39, 0.29) is 12.7 Å². The minimum Gasteiger partial charge on any atom is -0.348 e. The lowest BCUT2D eigenvalue weighted by Gasteiger charge is -2.23. The maximum atomic E-state index is 11.1. The monoisotopic (exact) mass is 310 g/mol. The molecular formula is C12H22O7S. The van der Waals surface area contributed by atoms with Gasteiger partial charge in [-0.15, -0.1) is 0 Å². The molecule has 2 aliphatic heterocycles. The van der Waals surface area contributed by atoms with Gasteiger partial charge in [0.25, 0.3) is 10.1 Å². The van der Waals surface area contributed by atoms with E-state index in [4.69, 9.17) is 23.1 Å². The van der Waals surface area contributed by atoms with Crippen molar-refractivity contribution in [1.82, 2.24) is 0 Å². The van der Waals surface area contributed by atoms with E-state index in [9.17, 15) is 8.42 Å². The second-order valence-corrected chi connectivity index (χ2v) is 7.64. The molecule has 20 heavy (non-hydrogen) atoms. The van der Waals surface area contributed by atoms with Crippen LogP contribution >= 0.6 is 0 Å². The fourth-order valence-electron chi connectivity index (χ4n) is 2.38. The largest absolute Gasteiger partial charge is 0.348 e. The molecule has 0 radical (unpaired) electrons. The Kier molecular flexibility index (Phi) is 4.18. The van der Waals surface area contributed by atoms with Gasteiger partial charge in [-0.25, -0.2) is 0 Å². The molecule has 2 fully saturated rings. The van der Waals surface area contributed by atoms with Crippen LogP contribution in [0.3, 0.4) is 0 Å². The molecule has 0 aromatic rings. The van der Waals surface area contributed by atoms with Crippen molar-refractivity contribution in [1.29, 1.82) is 0 Å². The highest BCUT2D eigenvalue weighted by molar-refractivity contribution is 7.85. The van der Waals surface area contributed by atoms with Crippen molar-refractivity contribution in [3.63, 3.8) is 0 Å². The van der Waals surface area contributed by atoms with E-state index >= 15 is 0 Å². The quantitative estimate of drug-likeness (QED) is 0.705. The molecule has 0 amide bonds. The summed E-state index contributed by atoms with van der Waals surface area (Å²) < 4.78 is 49.8. The van der Waals surface area contributed by atoms with E-state index in [0.29, 0.717) is 6.61 Å². The Morgan fingerprint density at radius 1 is 1.10 bits per heavy atom. The Labute approximate surface area is 119 Å². The van der Waals surface area contributed by atoms with E-state index in [1.54, 1.807) is 13.8 Å². The maximum absolute atomic E-state index is 11.1. The van der Waals surface area contributed by atoms with Gasteiger partial charge in [-0.1, -0.05) is 0 Å². The molecule has 2 heterocycles. The average molecular weight is 310 g/mol. The van der Waals surface area contributed by atoms with Crippen molar-refractivity contribution in [2.24, 2.45) is 0 Å². The zero-order valence-corrected chi connectivity index (χ0v) is 13.2. The van der Waals surface area contributed by atoms with Crippen LogP contribution in [0.25, 0.3) is 0 Å². The summed E-state index contributed by atoms with van der Waals surface area (Å²) >= 11 is 0. The second kappa shape index (κ2) is 5.19. The molecule has 0 aliphatic carbocycles. The molecule has 0 N–H and O–H groups in total. The molecule has 7 nitrogen and oxygen atoms in total. The predicted molar refractivity (Wildman–Crippen MR) is 69.5 cm³/mol. The highest BCUT2D eigenvalue weighted by Crippen LogP contribution is 2.35. The first-order valence-electron chi connectivity index (χ1n) is 6.49. The van der Waals surface area contributed by atoms with Crippen LogP contribution in [0.2, 0.25) is 0 Å². The zero-order chi connectivity index (χ0) is 15.2. The van der Waals surface area contributed by atoms with Gasteiger partial charge in [0.2, 0.25) is 0 Å². The first kappa shape index (κ1) is 16.1. The maximum Gasteiger partial charge on any atom is 0.264 e. The number of rotatable bonds is 4. The van der Waals surface area contributed by atoms with Gasteiger partial charge in [0, 0.05) is 0 Å². The molecular weight excluding hydrogens is 288 g/mol. The molecule has 8 heteroatoms. The topological polar surface area (TPSA) is 80.3 Å². The molecule has 2 rings (SSSR count). The number of ether oxygens (including phenoxy) is 4. The first-order chi connectivity index (χ1) is 8.98. The third-order valence-electron chi connectivity index (χ3n) is 3.06. The van der Waals surface area contributed by atoms with Gasteiger partial charge in [-0.05, 0) is 27.7 Å². The lowest BCUT2D eigenvalue weighted by molar-refractivity contribution is -0.174. The van der Waals surface area contributed by atoms with Crippen molar-refractivity contribution in [2.45, 2.75) is 57.6 Å². The van der Waals surface area contributed by atoms with E-state index in [0.717, 1.165) is 6.26 Å². The van der Waals surface area contributed by atoms with Gasteiger partial charge >= 0.3 is 0 Å². The van der Waals surface area contributed by atoms with Crippen molar-refractivity contribution < 1.29 is 31.5 Å². The summed E-state index contributed by atoms with van der Waals surface area (Å²) in [6, 6.07) is 0. The van der Waals surface area contributed by atoms with Gasteiger partial charge in [-0.2, -0.15) is 8.42 Å². The van der Waals surface area contributed by atoms with Crippen LogP contribution in [-0.2, 0) is 33.2 Å². The number of hydrogen-bond donors (Lipinski definition) is 0. The van der Waals surface area contributed by atoms with Gasteiger partial charge in [0.05, 0.1) is 19.5 Å². The van der Waals surface area contributed by atoms with E-state index in [2.05, 4.69) is 0 Å². The van der Waals surface area contributed by atoms with Crippen LogP contribution in [0.1, 0.15) is 27.7 Å². The predicted octanol–water partition coefficient (Wildman–Crippen LogP) is 0.634. The van der Waals surface area contributed by atoms with Crippen LogP contribution in [0.15, 0.2) is 0 Å². The smallest absolute Gasteiger partial charge is 0.264 e. The molecule has 0 aromatic heterocycles. The van der Waals surface area contributed by atoms with E-state index < -0.39 is 33.9 Å². The highest BCUT2D eigenvalue weighted by Gasteiger charge is 2.50. The summed E-state index contributed by atoms with van der Waals surface area (Å²) in [7, 11) is -3.53. The molecule has 0 bridgehead atoms. The summed E-state index contributed by atoms with van der Waals surface area (Å²) in [4.78, 5) is 0. The Balaban J connectivity index is 2.05. The molecule has 0 saturated carbocycles. The van der Waals surface area contributed by atoms with Gasteiger partial charge in [-0.3, -0.25) is 4.18 Å². The average Bonchev–Trinajstić information content (AvgIpc) is 2.74. The Hall–Kier alpha value is -0.250. The summed E-state index contributed by atoms with van der Waals surface area (Å²) in [5.74, 6) is -1.49. The minimum atomic E-state index is -3.53. The van der Waals surface area contributed by atoms with Gasteiger partial charge in [0.1, 0.15) is 18.3 Å². The van der Waals surface area contributed by atoms with E-state index in [1.165, 1.54) is 0 Å². The molecule has 0 aromatic carbocycles. The number of hydrogen-bond acceptors (Lipinski definition) is 7. The lowest BCUT2D eigenvalue weighted by Crippen LogP contribution is -2.40. The van der Waals surface area contributed by atoms with Crippen LogP contribution in [0.5, 0.6) is 0 Å². The minimum absolute atomic E-state index is 0.104. The third kappa shape index (κ3) is 4.12. The Bertz CT molecular complexity index is 456. The fraction of sp³-hybridized carbons (Fsp3) is 1.00. The third-order valence-corrected chi connectivity index (χ3v) is 3.63. The molecule has 118 valence electrons. The van der Waals surface area contributed by atoms with Crippen molar-refractivity contribution >= 4 is 10.1 Å².